The summed E-state index contributed by atoms with van der Waals surface area (Å²) in [7, 11) is 6.64. The zero-order chi connectivity index (χ0) is 8.48. The van der Waals surface area contributed by atoms with Crippen LogP contribution in [0.1, 0.15) is 19.8 Å². The Bertz CT molecular complexity index is 133. The molecule has 1 saturated heterocycles. The lowest BCUT2D eigenvalue weighted by molar-refractivity contribution is -0.873. The van der Waals surface area contributed by atoms with Crippen LogP contribution < -0.4 is 24.0 Å². The highest BCUT2D eigenvalue weighted by Gasteiger charge is 2.26. The van der Waals surface area contributed by atoms with E-state index in [1.54, 1.807) is 0 Å². The third kappa shape index (κ3) is 4.62. The van der Waals surface area contributed by atoms with E-state index in [2.05, 4.69) is 28.1 Å². The van der Waals surface area contributed by atoms with Crippen LogP contribution >= 0.6 is 0 Å². The van der Waals surface area contributed by atoms with Crippen molar-refractivity contribution in [2.24, 2.45) is 0 Å². The lowest BCUT2D eigenvalue weighted by Crippen LogP contribution is -3.00. The van der Waals surface area contributed by atoms with Crippen LogP contribution in [0, 0.1) is 0 Å². The molecule has 0 aromatic rings. The van der Waals surface area contributed by atoms with Gasteiger partial charge in [-0.3, -0.25) is 0 Å². The Hall–Kier alpha value is 0.650. The van der Waals surface area contributed by atoms with Crippen molar-refractivity contribution in [2.75, 3.05) is 27.7 Å². The lowest BCUT2D eigenvalue weighted by atomic mass is 10.2. The molecule has 0 amide bonds. The second-order valence-corrected chi connectivity index (χ2v) is 4.62. The Morgan fingerprint density at radius 3 is 2.17 bits per heavy atom. The predicted octanol–water partition coefficient (Wildman–Crippen LogP) is -1.74. The van der Waals surface area contributed by atoms with E-state index in [1.807, 2.05) is 0 Å². The minimum atomic E-state index is 0. The molecular formula is C9H20INO. The van der Waals surface area contributed by atoms with Crippen LogP contribution in [0.25, 0.3) is 0 Å². The first-order valence-corrected chi connectivity index (χ1v) is 4.43. The van der Waals surface area contributed by atoms with Gasteiger partial charge in [-0.1, -0.05) is 0 Å². The molecule has 3 heteroatoms. The second-order valence-electron chi connectivity index (χ2n) is 4.62. The number of quaternary nitrogens is 1. The normalized spacial score (nSPS) is 30.0. The van der Waals surface area contributed by atoms with Crippen molar-refractivity contribution < 1.29 is 33.2 Å². The van der Waals surface area contributed by atoms with Gasteiger partial charge in [-0.25, -0.2) is 0 Å². The Morgan fingerprint density at radius 2 is 1.83 bits per heavy atom. The van der Waals surface area contributed by atoms with Crippen LogP contribution in [-0.2, 0) is 4.74 Å². The summed E-state index contributed by atoms with van der Waals surface area (Å²) in [6, 6.07) is 0. The quantitative estimate of drug-likeness (QED) is 0.432. The monoisotopic (exact) mass is 285 g/mol. The van der Waals surface area contributed by atoms with Gasteiger partial charge < -0.3 is 33.2 Å². The number of likely N-dealkylation sites (N-methyl/N-ethyl adjacent to an activating group) is 1. The average molecular weight is 285 g/mol. The standard InChI is InChI=1S/C9H20NO.HI/c1-8-5-6-9(11-8)7-10(2,3)4;/h8-9H,5-7H2,1-4H3;1H/q+1;/p-1. The Balaban J connectivity index is 0.00000121. The Labute approximate surface area is 92.9 Å². The van der Waals surface area contributed by atoms with Crippen LogP contribution in [0.3, 0.4) is 0 Å². The summed E-state index contributed by atoms with van der Waals surface area (Å²) in [5, 5.41) is 0. The summed E-state index contributed by atoms with van der Waals surface area (Å²) in [6.07, 6.45) is 3.48. The summed E-state index contributed by atoms with van der Waals surface area (Å²) in [5.74, 6) is 0. The molecule has 1 aliphatic heterocycles. The van der Waals surface area contributed by atoms with Crippen LogP contribution in [-0.4, -0.2) is 44.4 Å². The average Bonchev–Trinajstić information content (AvgIpc) is 2.10. The minimum absolute atomic E-state index is 0. The van der Waals surface area contributed by atoms with Gasteiger partial charge >= 0.3 is 0 Å². The lowest BCUT2D eigenvalue weighted by Gasteiger charge is -2.27. The van der Waals surface area contributed by atoms with Crippen molar-refractivity contribution in [1.82, 2.24) is 0 Å². The molecule has 0 radical (unpaired) electrons. The van der Waals surface area contributed by atoms with E-state index in [-0.39, 0.29) is 24.0 Å². The molecule has 0 N–H and O–H groups in total. The van der Waals surface area contributed by atoms with Crippen molar-refractivity contribution in [3.8, 4) is 0 Å². The van der Waals surface area contributed by atoms with E-state index >= 15 is 0 Å². The van der Waals surface area contributed by atoms with Gasteiger partial charge in [-0.15, -0.1) is 0 Å². The van der Waals surface area contributed by atoms with Crippen LogP contribution in [0.2, 0.25) is 0 Å². The van der Waals surface area contributed by atoms with E-state index in [0.29, 0.717) is 12.2 Å². The van der Waals surface area contributed by atoms with Crippen molar-refractivity contribution >= 4 is 0 Å². The maximum atomic E-state index is 5.72. The number of nitrogens with zero attached hydrogens (tertiary/aromatic N) is 1. The molecule has 0 aromatic heterocycles. The second kappa shape index (κ2) is 4.77. The maximum Gasteiger partial charge on any atom is 0.107 e. The van der Waals surface area contributed by atoms with E-state index in [9.17, 15) is 0 Å². The molecule has 0 saturated carbocycles. The van der Waals surface area contributed by atoms with Crippen molar-refractivity contribution in [1.29, 1.82) is 0 Å². The first-order valence-electron chi connectivity index (χ1n) is 4.43. The number of hydrogen-bond donors (Lipinski definition) is 0. The molecule has 0 aliphatic carbocycles. The van der Waals surface area contributed by atoms with Crippen molar-refractivity contribution in [3.05, 3.63) is 0 Å². The molecule has 0 bridgehead atoms. The topological polar surface area (TPSA) is 9.23 Å². The highest BCUT2D eigenvalue weighted by Crippen LogP contribution is 2.20. The molecule has 2 unspecified atom stereocenters. The van der Waals surface area contributed by atoms with Crippen molar-refractivity contribution in [3.63, 3.8) is 0 Å². The third-order valence-electron chi connectivity index (χ3n) is 2.07. The number of rotatable bonds is 2. The zero-order valence-electron chi connectivity index (χ0n) is 8.51. The number of hydrogen-bond acceptors (Lipinski definition) is 1. The van der Waals surface area contributed by atoms with Crippen LogP contribution in [0.5, 0.6) is 0 Å². The predicted molar refractivity (Wildman–Crippen MR) is 46.5 cm³/mol. The highest BCUT2D eigenvalue weighted by molar-refractivity contribution is 4.69. The molecule has 2 atom stereocenters. The molecule has 0 spiro atoms. The smallest absolute Gasteiger partial charge is 0.107 e. The van der Waals surface area contributed by atoms with Gasteiger partial charge in [0.1, 0.15) is 12.6 Å². The van der Waals surface area contributed by atoms with Gasteiger partial charge in [0.25, 0.3) is 0 Å². The first-order chi connectivity index (χ1) is 4.97. The van der Waals surface area contributed by atoms with Gasteiger partial charge in [-0.2, -0.15) is 0 Å². The van der Waals surface area contributed by atoms with Crippen LogP contribution in [0.4, 0.5) is 0 Å². The molecular weight excluding hydrogens is 265 g/mol. The minimum Gasteiger partial charge on any atom is -1.00 e. The molecule has 1 rings (SSSR count). The first kappa shape index (κ1) is 12.7. The summed E-state index contributed by atoms with van der Waals surface area (Å²) in [5.41, 5.74) is 0. The largest absolute Gasteiger partial charge is 1.00 e. The van der Waals surface area contributed by atoms with Crippen LogP contribution in [0.15, 0.2) is 0 Å². The Morgan fingerprint density at radius 1 is 1.25 bits per heavy atom. The highest BCUT2D eigenvalue weighted by atomic mass is 127. The fourth-order valence-corrected chi connectivity index (χ4v) is 1.63. The fraction of sp³-hybridized carbons (Fsp3) is 1.00. The summed E-state index contributed by atoms with van der Waals surface area (Å²) in [6.45, 7) is 3.31. The third-order valence-corrected chi connectivity index (χ3v) is 2.07. The maximum absolute atomic E-state index is 5.72. The summed E-state index contributed by atoms with van der Waals surface area (Å²) in [4.78, 5) is 0. The Kier molecular flexibility index (Phi) is 5.02. The van der Waals surface area contributed by atoms with E-state index in [1.165, 1.54) is 12.8 Å². The van der Waals surface area contributed by atoms with Gasteiger partial charge in [-0.05, 0) is 19.8 Å². The van der Waals surface area contributed by atoms with E-state index in [0.717, 1.165) is 11.0 Å². The van der Waals surface area contributed by atoms with E-state index < -0.39 is 0 Å². The molecule has 2 nitrogen and oxygen atoms in total. The molecule has 1 heterocycles. The molecule has 74 valence electrons. The van der Waals surface area contributed by atoms with Gasteiger partial charge in [0.05, 0.1) is 27.2 Å². The molecule has 1 aliphatic rings. The zero-order valence-corrected chi connectivity index (χ0v) is 10.7. The van der Waals surface area contributed by atoms with Gasteiger partial charge in [0.15, 0.2) is 0 Å². The molecule has 0 aromatic carbocycles. The summed E-state index contributed by atoms with van der Waals surface area (Å²) < 4.78 is 6.73. The SMILES string of the molecule is CC1CCC(C[N+](C)(C)C)O1.[I-]. The van der Waals surface area contributed by atoms with Gasteiger partial charge in [0.2, 0.25) is 0 Å². The van der Waals surface area contributed by atoms with Gasteiger partial charge in [0, 0.05) is 0 Å². The summed E-state index contributed by atoms with van der Waals surface area (Å²) >= 11 is 0. The van der Waals surface area contributed by atoms with E-state index in [4.69, 9.17) is 4.74 Å². The fourth-order valence-electron chi connectivity index (χ4n) is 1.63. The number of halogens is 1. The molecule has 12 heavy (non-hydrogen) atoms. The van der Waals surface area contributed by atoms with Crippen molar-refractivity contribution in [2.45, 2.75) is 32.0 Å². The number of ether oxygens (including phenoxy) is 1. The molecule has 1 fully saturated rings.